The minimum absolute atomic E-state index is 0.00243. The average Bonchev–Trinajstić information content (AvgIpc) is 2.98. The summed E-state index contributed by atoms with van der Waals surface area (Å²) in [6.07, 6.45) is 1.49. The number of rotatable bonds is 6. The molecule has 0 aromatic heterocycles. The molecule has 3 N–H and O–H groups in total. The molecular formula is C17H25N3O3. The van der Waals surface area contributed by atoms with Gasteiger partial charge in [-0.25, -0.2) is 0 Å². The Hall–Kier alpha value is -1.92. The molecular weight excluding hydrogens is 294 g/mol. The van der Waals surface area contributed by atoms with Crippen molar-refractivity contribution in [2.75, 3.05) is 37.4 Å². The third kappa shape index (κ3) is 4.30. The van der Waals surface area contributed by atoms with E-state index < -0.39 is 5.41 Å². The Morgan fingerprint density at radius 3 is 2.74 bits per heavy atom. The third-order valence-electron chi connectivity index (χ3n) is 4.32. The molecule has 0 saturated carbocycles. The molecule has 1 aromatic carbocycles. The Balaban J connectivity index is 2.16. The fraction of sp³-hybridized carbons (Fsp3) is 0.529. The number of benzene rings is 1. The monoisotopic (exact) mass is 319 g/mol. The number of anilines is 2. The highest BCUT2D eigenvalue weighted by Crippen LogP contribution is 2.32. The third-order valence-corrected chi connectivity index (χ3v) is 4.32. The lowest BCUT2D eigenvalue weighted by Crippen LogP contribution is -2.39. The van der Waals surface area contributed by atoms with E-state index in [4.69, 9.17) is 4.74 Å². The minimum Gasteiger partial charge on any atom is -0.385 e. The second kappa shape index (κ2) is 7.57. The number of hydrogen-bond acceptors (Lipinski definition) is 4. The van der Waals surface area contributed by atoms with Gasteiger partial charge in [0.1, 0.15) is 0 Å². The van der Waals surface area contributed by atoms with Gasteiger partial charge in [0.15, 0.2) is 0 Å². The van der Waals surface area contributed by atoms with Crippen LogP contribution < -0.4 is 16.0 Å². The first-order valence-corrected chi connectivity index (χ1v) is 7.86. The fourth-order valence-electron chi connectivity index (χ4n) is 2.85. The molecule has 1 aliphatic rings. The number of aryl methyl sites for hydroxylation is 1. The molecule has 1 aromatic rings. The van der Waals surface area contributed by atoms with Crippen molar-refractivity contribution in [2.24, 2.45) is 5.41 Å². The molecule has 1 atom stereocenters. The summed E-state index contributed by atoms with van der Waals surface area (Å²) in [6, 6.07) is 5.50. The first-order chi connectivity index (χ1) is 11.0. The van der Waals surface area contributed by atoms with Gasteiger partial charge >= 0.3 is 0 Å². The summed E-state index contributed by atoms with van der Waals surface area (Å²) in [7, 11) is 1.65. The highest BCUT2D eigenvalue weighted by atomic mass is 16.5. The number of amides is 2. The molecule has 6 nitrogen and oxygen atoms in total. The lowest BCUT2D eigenvalue weighted by molar-refractivity contribution is -0.125. The molecule has 0 spiro atoms. The SMILES string of the molecule is COCCC1(C(=O)Nc2cc(NC(C)=O)ccc2C)CCNC1. The number of ether oxygens (including phenoxy) is 1. The predicted octanol–water partition coefficient (Wildman–Crippen LogP) is 1.91. The lowest BCUT2D eigenvalue weighted by Gasteiger charge is -2.27. The second-order valence-corrected chi connectivity index (χ2v) is 6.11. The van der Waals surface area contributed by atoms with Crippen molar-refractivity contribution >= 4 is 23.2 Å². The van der Waals surface area contributed by atoms with Gasteiger partial charge in [0.2, 0.25) is 11.8 Å². The van der Waals surface area contributed by atoms with Crippen LogP contribution in [-0.4, -0.2) is 38.6 Å². The Labute approximate surface area is 137 Å². The maximum Gasteiger partial charge on any atom is 0.232 e. The van der Waals surface area contributed by atoms with E-state index in [9.17, 15) is 9.59 Å². The average molecular weight is 319 g/mol. The van der Waals surface area contributed by atoms with E-state index in [1.807, 2.05) is 19.1 Å². The molecule has 1 fully saturated rings. The van der Waals surface area contributed by atoms with Crippen LogP contribution in [0.1, 0.15) is 25.3 Å². The van der Waals surface area contributed by atoms with Gasteiger partial charge < -0.3 is 20.7 Å². The van der Waals surface area contributed by atoms with Crippen LogP contribution in [0.25, 0.3) is 0 Å². The van der Waals surface area contributed by atoms with Crippen LogP contribution in [0, 0.1) is 12.3 Å². The standard InChI is InChI=1S/C17H25N3O3/c1-12-4-5-14(19-13(2)21)10-15(12)20-16(22)17(7-9-23-3)6-8-18-11-17/h4-5,10,18H,6-9,11H2,1-3H3,(H,19,21)(H,20,22). The molecule has 1 saturated heterocycles. The van der Waals surface area contributed by atoms with E-state index in [0.717, 1.165) is 24.2 Å². The highest BCUT2D eigenvalue weighted by Gasteiger charge is 2.40. The van der Waals surface area contributed by atoms with Gasteiger partial charge in [-0.1, -0.05) is 6.07 Å². The van der Waals surface area contributed by atoms with Crippen molar-refractivity contribution in [3.8, 4) is 0 Å². The summed E-state index contributed by atoms with van der Waals surface area (Å²) < 4.78 is 5.16. The van der Waals surface area contributed by atoms with Gasteiger partial charge in [-0.3, -0.25) is 9.59 Å². The summed E-state index contributed by atoms with van der Waals surface area (Å²) in [5.74, 6) is -0.134. The van der Waals surface area contributed by atoms with Crippen LogP contribution in [0.15, 0.2) is 18.2 Å². The van der Waals surface area contributed by atoms with Crippen LogP contribution in [0.2, 0.25) is 0 Å². The van der Waals surface area contributed by atoms with Crippen LogP contribution in [0.5, 0.6) is 0 Å². The summed E-state index contributed by atoms with van der Waals surface area (Å²) in [4.78, 5) is 24.0. The van der Waals surface area contributed by atoms with Gasteiger partial charge in [0, 0.05) is 38.6 Å². The maximum atomic E-state index is 12.8. The van der Waals surface area contributed by atoms with Gasteiger partial charge in [-0.15, -0.1) is 0 Å². The largest absolute Gasteiger partial charge is 0.385 e. The fourth-order valence-corrected chi connectivity index (χ4v) is 2.85. The highest BCUT2D eigenvalue weighted by molar-refractivity contribution is 5.97. The minimum atomic E-state index is -0.438. The van der Waals surface area contributed by atoms with Crippen molar-refractivity contribution in [3.05, 3.63) is 23.8 Å². The molecule has 2 rings (SSSR count). The zero-order valence-electron chi connectivity index (χ0n) is 14.0. The number of carbonyl (C=O) groups is 2. The van der Waals surface area contributed by atoms with Crippen LogP contribution in [0.3, 0.4) is 0 Å². The van der Waals surface area contributed by atoms with E-state index in [1.165, 1.54) is 6.92 Å². The molecule has 0 radical (unpaired) electrons. The predicted molar refractivity (Wildman–Crippen MR) is 90.5 cm³/mol. The molecule has 1 unspecified atom stereocenters. The molecule has 0 bridgehead atoms. The Kier molecular flexibility index (Phi) is 5.74. The van der Waals surface area contributed by atoms with Gasteiger partial charge in [-0.05, 0) is 44.0 Å². The normalized spacial score (nSPS) is 20.3. The summed E-state index contributed by atoms with van der Waals surface area (Å²) in [5.41, 5.74) is 1.92. The lowest BCUT2D eigenvalue weighted by atomic mass is 9.82. The molecule has 1 heterocycles. The summed E-state index contributed by atoms with van der Waals surface area (Å²) in [6.45, 7) is 5.44. The molecule has 1 aliphatic heterocycles. The first-order valence-electron chi connectivity index (χ1n) is 7.86. The van der Waals surface area contributed by atoms with Gasteiger partial charge in [0.05, 0.1) is 5.41 Å². The second-order valence-electron chi connectivity index (χ2n) is 6.11. The van der Waals surface area contributed by atoms with E-state index in [2.05, 4.69) is 16.0 Å². The van der Waals surface area contributed by atoms with Crippen molar-refractivity contribution in [1.29, 1.82) is 0 Å². The summed E-state index contributed by atoms with van der Waals surface area (Å²) >= 11 is 0. The van der Waals surface area contributed by atoms with E-state index in [0.29, 0.717) is 25.3 Å². The number of nitrogens with one attached hydrogen (secondary N) is 3. The van der Waals surface area contributed by atoms with E-state index >= 15 is 0 Å². The van der Waals surface area contributed by atoms with Crippen LogP contribution >= 0.6 is 0 Å². The molecule has 126 valence electrons. The van der Waals surface area contributed by atoms with Gasteiger partial charge in [0.25, 0.3) is 0 Å². The quantitative estimate of drug-likeness (QED) is 0.748. The number of carbonyl (C=O) groups excluding carboxylic acids is 2. The first kappa shape index (κ1) is 17.4. The molecule has 6 heteroatoms. The summed E-state index contributed by atoms with van der Waals surface area (Å²) in [5, 5.41) is 9.03. The number of methoxy groups -OCH3 is 1. The zero-order valence-corrected chi connectivity index (χ0v) is 14.0. The topological polar surface area (TPSA) is 79.5 Å². The van der Waals surface area contributed by atoms with Crippen molar-refractivity contribution in [2.45, 2.75) is 26.7 Å². The maximum absolute atomic E-state index is 12.8. The molecule has 23 heavy (non-hydrogen) atoms. The number of hydrogen-bond donors (Lipinski definition) is 3. The van der Waals surface area contributed by atoms with Crippen molar-refractivity contribution < 1.29 is 14.3 Å². The Morgan fingerprint density at radius 1 is 1.35 bits per heavy atom. The van der Waals surface area contributed by atoms with Crippen LogP contribution in [-0.2, 0) is 14.3 Å². The van der Waals surface area contributed by atoms with Crippen molar-refractivity contribution in [3.63, 3.8) is 0 Å². The molecule has 0 aliphatic carbocycles. The van der Waals surface area contributed by atoms with E-state index in [1.54, 1.807) is 13.2 Å². The smallest absolute Gasteiger partial charge is 0.232 e. The van der Waals surface area contributed by atoms with Gasteiger partial charge in [-0.2, -0.15) is 0 Å². The van der Waals surface area contributed by atoms with Crippen molar-refractivity contribution in [1.82, 2.24) is 5.32 Å². The molecule has 2 amide bonds. The Morgan fingerprint density at radius 2 is 2.13 bits per heavy atom. The Bertz CT molecular complexity index is 580. The zero-order chi connectivity index (χ0) is 16.9. The van der Waals surface area contributed by atoms with E-state index in [-0.39, 0.29) is 11.8 Å². The van der Waals surface area contributed by atoms with Crippen LogP contribution in [0.4, 0.5) is 11.4 Å².